The summed E-state index contributed by atoms with van der Waals surface area (Å²) in [5.74, 6) is -4.92. The number of alkyl halides is 3. The lowest BCUT2D eigenvalue weighted by molar-refractivity contribution is -0.195. The third-order valence-electron chi connectivity index (χ3n) is 1.25. The molecule has 6 heteroatoms. The summed E-state index contributed by atoms with van der Waals surface area (Å²) in [7, 11) is 0. The van der Waals surface area contributed by atoms with E-state index in [1.54, 1.807) is 0 Å². The molecule has 0 aromatic rings. The number of Topliss-reactive ketones (excluding diaryl/α,β-unsaturated/α-hetero) is 1. The van der Waals surface area contributed by atoms with E-state index in [9.17, 15) is 22.8 Å². The van der Waals surface area contributed by atoms with Crippen molar-refractivity contribution in [2.24, 2.45) is 5.92 Å². The van der Waals surface area contributed by atoms with Crippen LogP contribution < -0.4 is 0 Å². The van der Waals surface area contributed by atoms with Crippen LogP contribution in [0.25, 0.3) is 0 Å². The fourth-order valence-electron chi connectivity index (χ4n) is 0.698. The molecule has 0 saturated heterocycles. The number of hydrogen-bond acceptors (Lipinski definition) is 3. The Balaban J connectivity index is 4.85. The molecule has 14 heavy (non-hydrogen) atoms. The average molecular weight is 208 g/mol. The van der Waals surface area contributed by atoms with E-state index in [1.165, 1.54) is 12.8 Å². The van der Waals surface area contributed by atoms with Gasteiger partial charge in [-0.25, -0.2) is 0 Å². The van der Waals surface area contributed by atoms with Gasteiger partial charge in [-0.3, -0.25) is 9.59 Å². The molecule has 78 valence electrons. The van der Waals surface area contributed by atoms with Crippen molar-refractivity contribution < 1.29 is 27.5 Å². The van der Waals surface area contributed by atoms with E-state index in [1.807, 2.05) is 0 Å². The first-order valence-corrected chi connectivity index (χ1v) is 3.58. The lowest BCUT2D eigenvalue weighted by Crippen LogP contribution is -2.38. The summed E-state index contributed by atoms with van der Waals surface area (Å²) in [5, 5.41) is 0. The molecule has 1 atom stereocenters. The quantitative estimate of drug-likeness (QED) is 0.300. The Morgan fingerprint density at radius 2 is 2.00 bits per heavy atom. The first kappa shape index (κ1) is 12.5. The number of ketones is 1. The predicted molar refractivity (Wildman–Crippen MR) is 40.0 cm³/mol. The molecule has 0 bridgehead atoms. The number of carbonyl (C=O) groups is 2. The fraction of sp³-hybridized carbons (Fsp3) is 0.500. The highest BCUT2D eigenvalue weighted by Gasteiger charge is 2.50. The van der Waals surface area contributed by atoms with Gasteiger partial charge in [0.15, 0.2) is 0 Å². The lowest BCUT2D eigenvalue weighted by atomic mass is 10.0. The van der Waals surface area contributed by atoms with E-state index in [0.717, 1.165) is 0 Å². The summed E-state index contributed by atoms with van der Waals surface area (Å²) in [5.41, 5.74) is 0. The maximum absolute atomic E-state index is 12.1. The highest BCUT2D eigenvalue weighted by atomic mass is 19.4. The van der Waals surface area contributed by atoms with Crippen molar-refractivity contribution in [2.45, 2.75) is 13.1 Å². The molecule has 0 aliphatic carbocycles. The van der Waals surface area contributed by atoms with Crippen LogP contribution in [-0.4, -0.2) is 24.5 Å². The predicted octanol–water partition coefficient (Wildman–Crippen LogP) is 0.930. The summed E-state index contributed by atoms with van der Waals surface area (Å²) < 4.78 is 40.4. The van der Waals surface area contributed by atoms with Crippen LogP contribution in [-0.2, 0) is 14.3 Å². The number of ether oxygens (including phenoxy) is 1. The Morgan fingerprint density at radius 1 is 1.50 bits per heavy atom. The van der Waals surface area contributed by atoms with Crippen molar-refractivity contribution in [3.63, 3.8) is 0 Å². The molecule has 0 rings (SSSR count). The minimum atomic E-state index is -5.00. The number of rotatable bonds is 3. The van der Waals surface area contributed by atoms with Crippen LogP contribution in [0.3, 0.4) is 0 Å². The Kier molecular flexibility index (Phi) is 4.15. The molecule has 0 spiro atoms. The number of hydrogen-bond donors (Lipinski definition) is 0. The standard InChI is InChI=1S/C8H7F3O3/c1-3-5(12)6(8(9,10)11)7(13)14-4-2/h1,6H,4H2,2H3. The zero-order valence-corrected chi connectivity index (χ0v) is 7.22. The molecule has 0 radical (unpaired) electrons. The normalized spacial score (nSPS) is 12.8. The first-order chi connectivity index (χ1) is 6.34. The molecule has 0 aliphatic heterocycles. The van der Waals surface area contributed by atoms with Gasteiger partial charge in [0.2, 0.25) is 11.7 Å². The van der Waals surface area contributed by atoms with Crippen LogP contribution in [0.1, 0.15) is 6.92 Å². The number of halogens is 3. The second-order valence-electron chi connectivity index (χ2n) is 2.24. The maximum atomic E-state index is 12.1. The highest BCUT2D eigenvalue weighted by molar-refractivity contribution is 6.08. The van der Waals surface area contributed by atoms with Crippen molar-refractivity contribution in [3.05, 3.63) is 0 Å². The molecule has 0 aromatic heterocycles. The summed E-state index contributed by atoms with van der Waals surface area (Å²) in [4.78, 5) is 21.3. The molecule has 0 saturated carbocycles. The zero-order valence-electron chi connectivity index (χ0n) is 7.22. The molecule has 0 amide bonds. The minimum absolute atomic E-state index is 0.247. The van der Waals surface area contributed by atoms with Crippen LogP contribution in [0.2, 0.25) is 0 Å². The number of esters is 1. The SMILES string of the molecule is C#CC(=O)C(C(=O)OCC)C(F)(F)F. The van der Waals surface area contributed by atoms with Crippen LogP contribution in [0, 0.1) is 18.3 Å². The second-order valence-corrected chi connectivity index (χ2v) is 2.24. The minimum Gasteiger partial charge on any atom is -0.465 e. The Hall–Kier alpha value is -1.51. The summed E-state index contributed by atoms with van der Waals surface area (Å²) in [6.45, 7) is 1.08. The monoisotopic (exact) mass is 208 g/mol. The summed E-state index contributed by atoms with van der Waals surface area (Å²) in [6, 6.07) is 0. The van der Waals surface area contributed by atoms with Crippen molar-refractivity contribution >= 4 is 11.8 Å². The van der Waals surface area contributed by atoms with Gasteiger partial charge in [-0.05, 0) is 12.8 Å². The summed E-state index contributed by atoms with van der Waals surface area (Å²) >= 11 is 0. The molecular formula is C8H7F3O3. The van der Waals surface area contributed by atoms with Gasteiger partial charge in [0.05, 0.1) is 6.61 Å². The van der Waals surface area contributed by atoms with E-state index in [0.29, 0.717) is 0 Å². The number of terminal acetylenes is 1. The fourth-order valence-corrected chi connectivity index (χ4v) is 0.698. The van der Waals surface area contributed by atoms with Gasteiger partial charge in [-0.15, -0.1) is 6.42 Å². The van der Waals surface area contributed by atoms with Crippen LogP contribution >= 0.6 is 0 Å². The number of carbonyl (C=O) groups excluding carboxylic acids is 2. The van der Waals surface area contributed by atoms with Crippen molar-refractivity contribution in [2.75, 3.05) is 6.61 Å². The van der Waals surface area contributed by atoms with Crippen molar-refractivity contribution in [1.29, 1.82) is 0 Å². The van der Waals surface area contributed by atoms with Crippen LogP contribution in [0.4, 0.5) is 13.2 Å². The zero-order chi connectivity index (χ0) is 11.4. The van der Waals surface area contributed by atoms with Gasteiger partial charge < -0.3 is 4.74 Å². The smallest absolute Gasteiger partial charge is 0.410 e. The van der Waals surface area contributed by atoms with Gasteiger partial charge >= 0.3 is 12.1 Å². The van der Waals surface area contributed by atoms with E-state index in [-0.39, 0.29) is 6.61 Å². The second kappa shape index (κ2) is 4.65. The molecule has 0 fully saturated rings. The van der Waals surface area contributed by atoms with Crippen molar-refractivity contribution in [1.82, 2.24) is 0 Å². The average Bonchev–Trinajstić information content (AvgIpc) is 2.02. The van der Waals surface area contributed by atoms with Gasteiger partial charge in [0.25, 0.3) is 0 Å². The lowest BCUT2D eigenvalue weighted by Gasteiger charge is -2.14. The Bertz CT molecular complexity index is 275. The van der Waals surface area contributed by atoms with Crippen LogP contribution in [0.5, 0.6) is 0 Å². The molecule has 0 N–H and O–H groups in total. The molecule has 0 aromatic carbocycles. The first-order valence-electron chi connectivity index (χ1n) is 3.58. The Morgan fingerprint density at radius 3 is 2.29 bits per heavy atom. The third-order valence-corrected chi connectivity index (χ3v) is 1.25. The topological polar surface area (TPSA) is 43.4 Å². The van der Waals surface area contributed by atoms with E-state index >= 15 is 0 Å². The third kappa shape index (κ3) is 3.09. The van der Waals surface area contributed by atoms with Crippen LogP contribution in [0.15, 0.2) is 0 Å². The Labute approximate surface area is 78.2 Å². The largest absolute Gasteiger partial charge is 0.465 e. The molecule has 0 heterocycles. The van der Waals surface area contributed by atoms with Gasteiger partial charge in [0.1, 0.15) is 0 Å². The van der Waals surface area contributed by atoms with E-state index in [4.69, 9.17) is 0 Å². The molecule has 1 unspecified atom stereocenters. The van der Waals surface area contributed by atoms with Crippen molar-refractivity contribution in [3.8, 4) is 12.3 Å². The summed E-state index contributed by atoms with van der Waals surface area (Å²) in [6.07, 6.45) is -0.508. The maximum Gasteiger partial charge on any atom is 0.410 e. The molecule has 0 aliphatic rings. The van der Waals surface area contributed by atoms with E-state index in [2.05, 4.69) is 11.2 Å². The molecular weight excluding hydrogens is 201 g/mol. The molecule has 3 nitrogen and oxygen atoms in total. The van der Waals surface area contributed by atoms with Gasteiger partial charge in [0, 0.05) is 0 Å². The van der Waals surface area contributed by atoms with E-state index < -0.39 is 23.8 Å². The van der Waals surface area contributed by atoms with Gasteiger partial charge in [-0.1, -0.05) is 0 Å². The van der Waals surface area contributed by atoms with Gasteiger partial charge in [-0.2, -0.15) is 13.2 Å². The highest BCUT2D eigenvalue weighted by Crippen LogP contribution is 2.27.